The number of amides is 3. The number of primary amides is 1. The number of aryl methyl sites for hydroxylation is 2. The largest absolute Gasteiger partial charge is 0.457 e. The molecule has 1 unspecified atom stereocenters. The van der Waals surface area contributed by atoms with Gasteiger partial charge in [-0.1, -0.05) is 55.5 Å². The summed E-state index contributed by atoms with van der Waals surface area (Å²) in [5.74, 6) is 1.09. The summed E-state index contributed by atoms with van der Waals surface area (Å²) in [4.78, 5) is 24.4. The van der Waals surface area contributed by atoms with Crippen molar-refractivity contribution in [2.75, 3.05) is 5.32 Å². The van der Waals surface area contributed by atoms with Gasteiger partial charge < -0.3 is 21.1 Å². The molecule has 1 atom stereocenters. The molecule has 3 aromatic carbocycles. The van der Waals surface area contributed by atoms with E-state index in [0.29, 0.717) is 11.5 Å². The lowest BCUT2D eigenvalue weighted by Gasteiger charge is -2.20. The molecule has 0 fully saturated rings. The minimum Gasteiger partial charge on any atom is -0.457 e. The highest BCUT2D eigenvalue weighted by molar-refractivity contribution is 5.93. The number of carbonyl (C=O) groups excluding carboxylic acids is 2. The van der Waals surface area contributed by atoms with Crippen LogP contribution in [0.5, 0.6) is 11.5 Å². The fraction of sp³-hybridized carbons (Fsp3) is 0.200. The van der Waals surface area contributed by atoms with Crippen LogP contribution in [0.3, 0.4) is 0 Å². The van der Waals surface area contributed by atoms with Gasteiger partial charge >= 0.3 is 6.03 Å². The van der Waals surface area contributed by atoms with Gasteiger partial charge in [-0.15, -0.1) is 0 Å². The van der Waals surface area contributed by atoms with Crippen molar-refractivity contribution in [2.24, 2.45) is 5.73 Å². The molecule has 0 radical (unpaired) electrons. The maximum atomic E-state index is 12.8. The van der Waals surface area contributed by atoms with Gasteiger partial charge in [0.15, 0.2) is 0 Å². The molecule has 0 saturated carbocycles. The Hall–Kier alpha value is -3.80. The van der Waals surface area contributed by atoms with Crippen molar-refractivity contribution < 1.29 is 14.3 Å². The molecule has 3 aromatic rings. The first-order valence-corrected chi connectivity index (χ1v) is 10.2. The molecule has 0 aromatic heterocycles. The molecule has 0 bridgehead atoms. The van der Waals surface area contributed by atoms with E-state index in [1.165, 1.54) is 0 Å². The summed E-state index contributed by atoms with van der Waals surface area (Å²) in [5.41, 5.74) is 8.97. The lowest BCUT2D eigenvalue weighted by atomic mass is 10.0. The van der Waals surface area contributed by atoms with E-state index in [1.807, 2.05) is 80.6 Å². The smallest absolute Gasteiger partial charge is 0.312 e. The maximum Gasteiger partial charge on any atom is 0.312 e. The molecule has 31 heavy (non-hydrogen) atoms. The van der Waals surface area contributed by atoms with Crippen molar-refractivity contribution >= 4 is 17.6 Å². The highest BCUT2D eigenvalue weighted by atomic mass is 16.5. The number of nitrogens with one attached hydrogen (secondary N) is 2. The quantitative estimate of drug-likeness (QED) is 0.477. The normalized spacial score (nSPS) is 11.4. The number of hydrogen-bond acceptors (Lipinski definition) is 3. The van der Waals surface area contributed by atoms with Gasteiger partial charge in [0.1, 0.15) is 11.5 Å². The van der Waals surface area contributed by atoms with Crippen LogP contribution < -0.4 is 21.1 Å². The van der Waals surface area contributed by atoms with Crippen LogP contribution in [-0.2, 0) is 11.2 Å². The molecular weight excluding hydrogens is 390 g/mol. The minimum atomic E-state index is -0.697. The first-order chi connectivity index (χ1) is 15.0. The molecule has 6 nitrogen and oxygen atoms in total. The molecule has 4 N–H and O–H groups in total. The summed E-state index contributed by atoms with van der Waals surface area (Å²) in [6.07, 6.45) is 0.842. The van der Waals surface area contributed by atoms with Crippen LogP contribution in [0.4, 0.5) is 10.5 Å². The van der Waals surface area contributed by atoms with Gasteiger partial charge in [-0.3, -0.25) is 4.79 Å². The zero-order valence-corrected chi connectivity index (χ0v) is 17.7. The second kappa shape index (κ2) is 10.3. The van der Waals surface area contributed by atoms with E-state index in [2.05, 4.69) is 10.6 Å². The molecule has 6 heteroatoms. The van der Waals surface area contributed by atoms with Gasteiger partial charge in [0.25, 0.3) is 0 Å². The minimum absolute atomic E-state index is 0.0369. The number of para-hydroxylation sites is 2. The van der Waals surface area contributed by atoms with E-state index < -0.39 is 12.1 Å². The van der Waals surface area contributed by atoms with E-state index in [-0.39, 0.29) is 12.3 Å². The molecule has 3 amide bonds. The third kappa shape index (κ3) is 6.09. The third-order valence-electron chi connectivity index (χ3n) is 4.95. The molecule has 0 heterocycles. The Bertz CT molecular complexity index is 1050. The van der Waals surface area contributed by atoms with Crippen molar-refractivity contribution in [1.29, 1.82) is 0 Å². The fourth-order valence-corrected chi connectivity index (χ4v) is 3.42. The summed E-state index contributed by atoms with van der Waals surface area (Å²) in [6, 6.07) is 21.3. The Morgan fingerprint density at radius 1 is 0.968 bits per heavy atom. The lowest BCUT2D eigenvalue weighted by Crippen LogP contribution is -2.35. The molecular formula is C25H27N3O3. The number of ether oxygens (including phenoxy) is 1. The summed E-state index contributed by atoms with van der Waals surface area (Å²) in [5, 5.41) is 5.66. The summed E-state index contributed by atoms with van der Waals surface area (Å²) >= 11 is 0. The second-order valence-corrected chi connectivity index (χ2v) is 7.26. The zero-order chi connectivity index (χ0) is 22.2. The average Bonchev–Trinajstić information content (AvgIpc) is 2.75. The summed E-state index contributed by atoms with van der Waals surface area (Å²) in [7, 11) is 0. The summed E-state index contributed by atoms with van der Waals surface area (Å²) < 4.78 is 5.88. The molecule has 0 aliphatic carbocycles. The lowest BCUT2D eigenvalue weighted by molar-refractivity contribution is -0.116. The van der Waals surface area contributed by atoms with Gasteiger partial charge in [0.05, 0.1) is 12.5 Å². The van der Waals surface area contributed by atoms with E-state index in [1.54, 1.807) is 6.07 Å². The summed E-state index contributed by atoms with van der Waals surface area (Å²) in [6.45, 7) is 4.00. The second-order valence-electron chi connectivity index (χ2n) is 7.26. The van der Waals surface area contributed by atoms with Gasteiger partial charge in [-0.05, 0) is 54.3 Å². The van der Waals surface area contributed by atoms with Crippen LogP contribution in [0.15, 0.2) is 72.8 Å². The number of rotatable bonds is 8. The number of anilines is 1. The Morgan fingerprint density at radius 2 is 1.68 bits per heavy atom. The molecule has 0 spiro atoms. The predicted molar refractivity (Wildman–Crippen MR) is 122 cm³/mol. The van der Waals surface area contributed by atoms with Gasteiger partial charge in [0.2, 0.25) is 5.91 Å². The Kier molecular flexibility index (Phi) is 7.27. The Morgan fingerprint density at radius 3 is 2.39 bits per heavy atom. The van der Waals surface area contributed by atoms with Crippen LogP contribution in [0.1, 0.15) is 36.1 Å². The monoisotopic (exact) mass is 417 g/mol. The van der Waals surface area contributed by atoms with E-state index in [9.17, 15) is 9.59 Å². The number of urea groups is 1. The standard InChI is InChI=1S/C25H27N3O3/c1-3-18-10-7-9-17(2)24(18)28-23(29)16-22(27-25(26)30)19-11-8-14-21(15-19)31-20-12-5-4-6-13-20/h4-15,22H,3,16H2,1-2H3,(H,28,29)(H3,26,27,30). The number of nitrogens with two attached hydrogens (primary N) is 1. The van der Waals surface area contributed by atoms with Crippen LogP contribution in [0, 0.1) is 6.92 Å². The maximum absolute atomic E-state index is 12.8. The molecule has 0 saturated heterocycles. The average molecular weight is 418 g/mol. The van der Waals surface area contributed by atoms with Crippen molar-refractivity contribution in [3.63, 3.8) is 0 Å². The van der Waals surface area contributed by atoms with Crippen LogP contribution >= 0.6 is 0 Å². The van der Waals surface area contributed by atoms with Crippen molar-refractivity contribution in [3.05, 3.63) is 89.5 Å². The Labute approximate surface area is 182 Å². The molecule has 160 valence electrons. The molecule has 0 aliphatic rings. The highest BCUT2D eigenvalue weighted by Crippen LogP contribution is 2.27. The highest BCUT2D eigenvalue weighted by Gasteiger charge is 2.19. The first kappa shape index (κ1) is 21.9. The van der Waals surface area contributed by atoms with Crippen molar-refractivity contribution in [2.45, 2.75) is 32.7 Å². The van der Waals surface area contributed by atoms with Crippen molar-refractivity contribution in [3.8, 4) is 11.5 Å². The number of benzene rings is 3. The van der Waals surface area contributed by atoms with E-state index >= 15 is 0 Å². The number of hydrogen-bond donors (Lipinski definition) is 3. The topological polar surface area (TPSA) is 93.5 Å². The van der Waals surface area contributed by atoms with Crippen LogP contribution in [0.2, 0.25) is 0 Å². The fourth-order valence-electron chi connectivity index (χ4n) is 3.42. The van der Waals surface area contributed by atoms with Crippen LogP contribution in [0.25, 0.3) is 0 Å². The zero-order valence-electron chi connectivity index (χ0n) is 17.7. The van der Waals surface area contributed by atoms with Gasteiger partial charge in [0, 0.05) is 5.69 Å². The third-order valence-corrected chi connectivity index (χ3v) is 4.95. The number of carbonyl (C=O) groups is 2. The van der Waals surface area contributed by atoms with E-state index in [0.717, 1.165) is 28.8 Å². The first-order valence-electron chi connectivity index (χ1n) is 10.2. The van der Waals surface area contributed by atoms with E-state index in [4.69, 9.17) is 10.5 Å². The van der Waals surface area contributed by atoms with Crippen molar-refractivity contribution in [1.82, 2.24) is 5.32 Å². The van der Waals surface area contributed by atoms with Gasteiger partial charge in [-0.25, -0.2) is 4.79 Å². The molecule has 3 rings (SSSR count). The van der Waals surface area contributed by atoms with Gasteiger partial charge in [-0.2, -0.15) is 0 Å². The Balaban J connectivity index is 1.78. The van der Waals surface area contributed by atoms with Crippen LogP contribution in [-0.4, -0.2) is 11.9 Å². The predicted octanol–water partition coefficient (Wildman–Crippen LogP) is 5.09. The SMILES string of the molecule is CCc1cccc(C)c1NC(=O)CC(NC(N)=O)c1cccc(Oc2ccccc2)c1. The molecule has 0 aliphatic heterocycles.